The second-order valence-electron chi connectivity index (χ2n) is 5.53. The lowest BCUT2D eigenvalue weighted by Gasteiger charge is -2.26. The topological polar surface area (TPSA) is 55.1 Å². The highest BCUT2D eigenvalue weighted by atomic mass is 35.5. The quantitative estimate of drug-likeness (QED) is 0.750. The zero-order valence-corrected chi connectivity index (χ0v) is 11.4. The van der Waals surface area contributed by atoms with Crippen molar-refractivity contribution in [2.45, 2.75) is 75.8 Å². The van der Waals surface area contributed by atoms with Crippen molar-refractivity contribution in [3.05, 3.63) is 0 Å². The second kappa shape index (κ2) is 6.60. The molecule has 17 heavy (non-hydrogen) atoms. The Morgan fingerprint density at radius 3 is 2.06 bits per heavy atom. The highest BCUT2D eigenvalue weighted by Gasteiger charge is 2.37. The first-order valence-electron chi connectivity index (χ1n) is 6.81. The van der Waals surface area contributed by atoms with Crippen molar-refractivity contribution in [1.82, 2.24) is 5.32 Å². The molecule has 3 nitrogen and oxygen atoms in total. The SMILES string of the molecule is Cl.NC1(C(=O)NC2CCCCCC2)CCCC1. The molecule has 0 heterocycles. The van der Waals surface area contributed by atoms with Gasteiger partial charge in [-0.15, -0.1) is 12.4 Å². The maximum atomic E-state index is 12.1. The van der Waals surface area contributed by atoms with Crippen LogP contribution in [0.4, 0.5) is 0 Å². The van der Waals surface area contributed by atoms with Crippen LogP contribution in [0.15, 0.2) is 0 Å². The van der Waals surface area contributed by atoms with Crippen LogP contribution in [0.5, 0.6) is 0 Å². The zero-order valence-electron chi connectivity index (χ0n) is 10.5. The third kappa shape index (κ3) is 3.85. The Kier molecular flexibility index (Phi) is 5.74. The van der Waals surface area contributed by atoms with Crippen molar-refractivity contribution in [3.63, 3.8) is 0 Å². The van der Waals surface area contributed by atoms with Crippen LogP contribution in [-0.2, 0) is 4.79 Å². The second-order valence-corrected chi connectivity index (χ2v) is 5.53. The molecule has 100 valence electrons. The van der Waals surface area contributed by atoms with Gasteiger partial charge in [-0.25, -0.2) is 0 Å². The molecule has 3 N–H and O–H groups in total. The lowest BCUT2D eigenvalue weighted by Crippen LogP contribution is -2.54. The molecule has 2 rings (SSSR count). The summed E-state index contributed by atoms with van der Waals surface area (Å²) in [6, 6.07) is 0.385. The Morgan fingerprint density at radius 2 is 1.53 bits per heavy atom. The summed E-state index contributed by atoms with van der Waals surface area (Å²) in [4.78, 5) is 12.1. The maximum absolute atomic E-state index is 12.1. The number of nitrogens with one attached hydrogen (secondary N) is 1. The molecular weight excluding hydrogens is 236 g/mol. The lowest BCUT2D eigenvalue weighted by molar-refractivity contribution is -0.127. The van der Waals surface area contributed by atoms with E-state index in [9.17, 15) is 4.79 Å². The molecule has 0 spiro atoms. The van der Waals surface area contributed by atoms with Gasteiger partial charge in [-0.1, -0.05) is 38.5 Å². The predicted octanol–water partition coefficient (Wildman–Crippen LogP) is 2.52. The van der Waals surface area contributed by atoms with E-state index in [2.05, 4.69) is 5.32 Å². The van der Waals surface area contributed by atoms with Gasteiger partial charge < -0.3 is 11.1 Å². The fourth-order valence-corrected chi connectivity index (χ4v) is 2.99. The highest BCUT2D eigenvalue weighted by molar-refractivity contribution is 5.86. The molecule has 0 atom stereocenters. The molecule has 2 aliphatic rings. The van der Waals surface area contributed by atoms with E-state index in [1.54, 1.807) is 0 Å². The van der Waals surface area contributed by atoms with Gasteiger partial charge in [-0.05, 0) is 25.7 Å². The van der Waals surface area contributed by atoms with Crippen LogP contribution in [-0.4, -0.2) is 17.5 Å². The van der Waals surface area contributed by atoms with E-state index in [0.717, 1.165) is 38.5 Å². The van der Waals surface area contributed by atoms with Crippen molar-refractivity contribution in [1.29, 1.82) is 0 Å². The van der Waals surface area contributed by atoms with Gasteiger partial charge >= 0.3 is 0 Å². The fourth-order valence-electron chi connectivity index (χ4n) is 2.99. The van der Waals surface area contributed by atoms with E-state index >= 15 is 0 Å². The normalized spacial score (nSPS) is 24.8. The summed E-state index contributed by atoms with van der Waals surface area (Å²) in [5, 5.41) is 3.18. The molecule has 2 fully saturated rings. The predicted molar refractivity (Wildman–Crippen MR) is 72.3 cm³/mol. The molecule has 4 heteroatoms. The first-order valence-corrected chi connectivity index (χ1v) is 6.81. The summed E-state index contributed by atoms with van der Waals surface area (Å²) in [6.45, 7) is 0. The van der Waals surface area contributed by atoms with Crippen LogP contribution in [0.25, 0.3) is 0 Å². The summed E-state index contributed by atoms with van der Waals surface area (Å²) in [5.74, 6) is 0.108. The number of rotatable bonds is 2. The molecule has 0 radical (unpaired) electrons. The van der Waals surface area contributed by atoms with Crippen molar-refractivity contribution >= 4 is 18.3 Å². The lowest BCUT2D eigenvalue weighted by atomic mass is 9.97. The van der Waals surface area contributed by atoms with Crippen LogP contribution in [0.1, 0.15) is 64.2 Å². The smallest absolute Gasteiger partial charge is 0.240 e. The summed E-state index contributed by atoms with van der Waals surface area (Å²) in [6.07, 6.45) is 11.4. The monoisotopic (exact) mass is 260 g/mol. The van der Waals surface area contributed by atoms with Crippen molar-refractivity contribution < 1.29 is 4.79 Å². The number of hydrogen-bond acceptors (Lipinski definition) is 2. The van der Waals surface area contributed by atoms with E-state index in [4.69, 9.17) is 5.73 Å². The van der Waals surface area contributed by atoms with Gasteiger partial charge in [-0.2, -0.15) is 0 Å². The van der Waals surface area contributed by atoms with Gasteiger partial charge in [-0.3, -0.25) is 4.79 Å². The maximum Gasteiger partial charge on any atom is 0.240 e. The van der Waals surface area contributed by atoms with Gasteiger partial charge in [0.2, 0.25) is 5.91 Å². The molecule has 0 aromatic rings. The minimum absolute atomic E-state index is 0. The third-order valence-electron chi connectivity index (χ3n) is 4.14. The zero-order chi connectivity index (χ0) is 11.4. The first kappa shape index (κ1) is 14.8. The van der Waals surface area contributed by atoms with Gasteiger partial charge in [0.05, 0.1) is 5.54 Å². The Bertz CT molecular complexity index is 244. The summed E-state index contributed by atoms with van der Waals surface area (Å²) >= 11 is 0. The number of hydrogen-bond donors (Lipinski definition) is 2. The van der Waals surface area contributed by atoms with E-state index in [0.29, 0.717) is 6.04 Å². The van der Waals surface area contributed by atoms with E-state index < -0.39 is 5.54 Å². The minimum atomic E-state index is -0.549. The molecule has 0 aromatic carbocycles. The van der Waals surface area contributed by atoms with Crippen LogP contribution < -0.4 is 11.1 Å². The molecule has 1 amide bonds. The number of amides is 1. The number of carbonyl (C=O) groups is 1. The van der Waals surface area contributed by atoms with Gasteiger partial charge in [0, 0.05) is 6.04 Å². The van der Waals surface area contributed by atoms with Crippen LogP contribution in [0.3, 0.4) is 0 Å². The van der Waals surface area contributed by atoms with Gasteiger partial charge in [0.25, 0.3) is 0 Å². The average Bonchev–Trinajstić information content (AvgIpc) is 2.56. The van der Waals surface area contributed by atoms with E-state index in [1.165, 1.54) is 25.7 Å². The van der Waals surface area contributed by atoms with Gasteiger partial charge in [0.15, 0.2) is 0 Å². The molecule has 0 aliphatic heterocycles. The van der Waals surface area contributed by atoms with Crippen LogP contribution in [0.2, 0.25) is 0 Å². The average molecular weight is 261 g/mol. The number of nitrogens with two attached hydrogens (primary N) is 1. The Hall–Kier alpha value is -0.280. The van der Waals surface area contributed by atoms with Crippen molar-refractivity contribution in [3.8, 4) is 0 Å². The summed E-state index contributed by atoms with van der Waals surface area (Å²) < 4.78 is 0. The molecule has 0 saturated heterocycles. The van der Waals surface area contributed by atoms with E-state index in [1.807, 2.05) is 0 Å². The van der Waals surface area contributed by atoms with Crippen molar-refractivity contribution in [2.24, 2.45) is 5.73 Å². The highest BCUT2D eigenvalue weighted by Crippen LogP contribution is 2.28. The number of carbonyl (C=O) groups excluding carboxylic acids is 1. The minimum Gasteiger partial charge on any atom is -0.352 e. The summed E-state index contributed by atoms with van der Waals surface area (Å²) in [5.41, 5.74) is 5.60. The largest absolute Gasteiger partial charge is 0.352 e. The molecule has 2 aliphatic carbocycles. The summed E-state index contributed by atoms with van der Waals surface area (Å²) in [7, 11) is 0. The molecule has 2 saturated carbocycles. The van der Waals surface area contributed by atoms with E-state index in [-0.39, 0.29) is 18.3 Å². The van der Waals surface area contributed by atoms with Crippen molar-refractivity contribution in [2.75, 3.05) is 0 Å². The fraction of sp³-hybridized carbons (Fsp3) is 0.923. The standard InChI is InChI=1S/C13H24N2O.ClH/c14-13(9-5-6-10-13)12(16)15-11-7-3-1-2-4-8-11;/h11H,1-10,14H2,(H,15,16);1H. The van der Waals surface area contributed by atoms with Crippen LogP contribution in [0, 0.1) is 0 Å². The molecular formula is C13H25ClN2O. The third-order valence-corrected chi connectivity index (χ3v) is 4.14. The first-order chi connectivity index (χ1) is 7.71. The molecule has 0 unspecified atom stereocenters. The molecule has 0 aromatic heterocycles. The van der Waals surface area contributed by atoms with Crippen LogP contribution >= 0.6 is 12.4 Å². The number of halogens is 1. The van der Waals surface area contributed by atoms with Gasteiger partial charge in [0.1, 0.15) is 0 Å². The Labute approximate surface area is 110 Å². The Morgan fingerprint density at radius 1 is 1.00 bits per heavy atom. The Balaban J connectivity index is 0.00000144. The molecule has 0 bridgehead atoms.